The van der Waals surface area contributed by atoms with Crippen LogP contribution in [0.2, 0.25) is 0 Å². The first-order valence-electron chi connectivity index (χ1n) is 6.74. The Bertz CT molecular complexity index is 535. The van der Waals surface area contributed by atoms with Gasteiger partial charge in [0, 0.05) is 12.5 Å². The molecule has 1 aromatic rings. The van der Waals surface area contributed by atoms with E-state index in [2.05, 4.69) is 9.47 Å². The van der Waals surface area contributed by atoms with Crippen LogP contribution >= 0.6 is 0 Å². The second-order valence-electron chi connectivity index (χ2n) is 4.29. The minimum absolute atomic E-state index is 0.265. The van der Waals surface area contributed by atoms with Crippen molar-refractivity contribution in [2.24, 2.45) is 0 Å². The molecule has 0 unspecified atom stereocenters. The molecule has 0 fully saturated rings. The lowest BCUT2D eigenvalue weighted by Crippen LogP contribution is -2.05. The molecule has 0 spiro atoms. The van der Waals surface area contributed by atoms with Gasteiger partial charge in [-0.05, 0) is 30.2 Å². The van der Waals surface area contributed by atoms with E-state index < -0.39 is 5.97 Å². The molecule has 0 N–H and O–H groups in total. The molecule has 0 radical (unpaired) electrons. The number of carbonyl (C=O) groups excluding carboxylic acids is 2. The molecule has 0 amide bonds. The summed E-state index contributed by atoms with van der Waals surface area (Å²) in [6, 6.07) is 5.28. The van der Waals surface area contributed by atoms with Crippen LogP contribution in [-0.2, 0) is 19.1 Å². The van der Waals surface area contributed by atoms with E-state index >= 15 is 0 Å². The van der Waals surface area contributed by atoms with Crippen molar-refractivity contribution in [3.05, 3.63) is 29.8 Å². The lowest BCUT2D eigenvalue weighted by atomic mass is 10.2. The molecule has 0 aliphatic heterocycles. The molecular weight excluding hydrogens is 288 g/mol. The van der Waals surface area contributed by atoms with Gasteiger partial charge < -0.3 is 18.9 Å². The van der Waals surface area contributed by atoms with E-state index in [0.717, 1.165) is 5.56 Å². The Morgan fingerprint density at radius 2 is 1.86 bits per heavy atom. The Balaban J connectivity index is 2.63. The normalized spacial score (nSPS) is 10.3. The van der Waals surface area contributed by atoms with Crippen molar-refractivity contribution in [3.8, 4) is 11.5 Å². The third kappa shape index (κ3) is 5.87. The van der Waals surface area contributed by atoms with Gasteiger partial charge in [0.25, 0.3) is 0 Å². The third-order valence-corrected chi connectivity index (χ3v) is 2.81. The van der Waals surface area contributed by atoms with E-state index in [1.165, 1.54) is 27.4 Å². The summed E-state index contributed by atoms with van der Waals surface area (Å²) in [6.07, 6.45) is 3.81. The first-order chi connectivity index (χ1) is 10.6. The Morgan fingerprint density at radius 1 is 1.09 bits per heavy atom. The quantitative estimate of drug-likeness (QED) is 0.416. The molecule has 0 saturated carbocycles. The van der Waals surface area contributed by atoms with Crippen LogP contribution in [0.15, 0.2) is 24.3 Å². The first kappa shape index (κ1) is 17.6. The first-order valence-corrected chi connectivity index (χ1v) is 6.74. The smallest absolute Gasteiger partial charge is 0.330 e. The average Bonchev–Trinajstić information content (AvgIpc) is 2.56. The average molecular weight is 308 g/mol. The standard InChI is InChI=1S/C16H20O6/c1-19-14-11-12(7-9-16(18)21-3)6-8-13(14)22-10-4-5-15(17)20-2/h6-9,11H,4-5,10H2,1-3H3/b9-7+. The molecule has 22 heavy (non-hydrogen) atoms. The minimum atomic E-state index is -0.429. The summed E-state index contributed by atoms with van der Waals surface area (Å²) in [6.45, 7) is 0.378. The fraction of sp³-hybridized carbons (Fsp3) is 0.375. The number of benzene rings is 1. The summed E-state index contributed by atoms with van der Waals surface area (Å²) in [5.74, 6) is 0.425. The van der Waals surface area contributed by atoms with Crippen molar-refractivity contribution in [1.29, 1.82) is 0 Å². The maximum atomic E-state index is 11.1. The maximum absolute atomic E-state index is 11.1. The summed E-state index contributed by atoms with van der Waals surface area (Å²) in [4.78, 5) is 22.1. The predicted octanol–water partition coefficient (Wildman–Crippen LogP) is 2.21. The number of hydrogen-bond donors (Lipinski definition) is 0. The molecule has 0 atom stereocenters. The molecule has 120 valence electrons. The van der Waals surface area contributed by atoms with Crippen LogP contribution in [0.4, 0.5) is 0 Å². The second kappa shape index (κ2) is 9.44. The van der Waals surface area contributed by atoms with Crippen LogP contribution in [0.25, 0.3) is 6.08 Å². The number of ether oxygens (including phenoxy) is 4. The van der Waals surface area contributed by atoms with E-state index in [4.69, 9.17) is 9.47 Å². The van der Waals surface area contributed by atoms with E-state index in [0.29, 0.717) is 30.9 Å². The van der Waals surface area contributed by atoms with Gasteiger partial charge in [-0.2, -0.15) is 0 Å². The van der Waals surface area contributed by atoms with Gasteiger partial charge in [-0.1, -0.05) is 6.07 Å². The zero-order chi connectivity index (χ0) is 16.4. The van der Waals surface area contributed by atoms with E-state index in [9.17, 15) is 9.59 Å². The highest BCUT2D eigenvalue weighted by Crippen LogP contribution is 2.28. The number of rotatable bonds is 8. The molecule has 0 aliphatic rings. The molecule has 1 rings (SSSR count). The van der Waals surface area contributed by atoms with Crippen molar-refractivity contribution in [2.45, 2.75) is 12.8 Å². The van der Waals surface area contributed by atoms with E-state index in [1.807, 2.05) is 0 Å². The molecule has 6 heteroatoms. The monoisotopic (exact) mass is 308 g/mol. The topological polar surface area (TPSA) is 71.1 Å². The van der Waals surface area contributed by atoms with Crippen LogP contribution < -0.4 is 9.47 Å². The zero-order valence-corrected chi connectivity index (χ0v) is 13.0. The van der Waals surface area contributed by atoms with Gasteiger partial charge in [0.1, 0.15) is 0 Å². The Kier molecular flexibility index (Phi) is 7.53. The minimum Gasteiger partial charge on any atom is -0.493 e. The Morgan fingerprint density at radius 3 is 2.50 bits per heavy atom. The molecule has 0 bridgehead atoms. The second-order valence-corrected chi connectivity index (χ2v) is 4.29. The fourth-order valence-corrected chi connectivity index (χ4v) is 1.64. The molecular formula is C16H20O6. The summed E-state index contributed by atoms with van der Waals surface area (Å²) in [5, 5.41) is 0. The molecule has 0 aliphatic carbocycles. The van der Waals surface area contributed by atoms with Gasteiger partial charge in [0.2, 0.25) is 0 Å². The largest absolute Gasteiger partial charge is 0.493 e. The highest BCUT2D eigenvalue weighted by molar-refractivity contribution is 5.87. The van der Waals surface area contributed by atoms with Crippen molar-refractivity contribution in [2.75, 3.05) is 27.9 Å². The lowest BCUT2D eigenvalue weighted by Gasteiger charge is -2.11. The van der Waals surface area contributed by atoms with Gasteiger partial charge in [-0.25, -0.2) is 4.79 Å². The Labute approximate surface area is 129 Å². The summed E-state index contributed by atoms with van der Waals surface area (Å²) < 4.78 is 19.9. The van der Waals surface area contributed by atoms with Crippen LogP contribution in [0.1, 0.15) is 18.4 Å². The number of hydrogen-bond acceptors (Lipinski definition) is 6. The van der Waals surface area contributed by atoms with Gasteiger partial charge in [-0.3, -0.25) is 4.79 Å². The molecule has 0 heterocycles. The third-order valence-electron chi connectivity index (χ3n) is 2.81. The molecule has 6 nitrogen and oxygen atoms in total. The molecule has 0 saturated heterocycles. The van der Waals surface area contributed by atoms with Crippen LogP contribution in [0.5, 0.6) is 11.5 Å². The van der Waals surface area contributed by atoms with Crippen LogP contribution in [0.3, 0.4) is 0 Å². The lowest BCUT2D eigenvalue weighted by molar-refractivity contribution is -0.140. The highest BCUT2D eigenvalue weighted by atomic mass is 16.5. The fourth-order valence-electron chi connectivity index (χ4n) is 1.64. The predicted molar refractivity (Wildman–Crippen MR) is 80.8 cm³/mol. The number of methoxy groups -OCH3 is 3. The highest BCUT2D eigenvalue weighted by Gasteiger charge is 2.06. The van der Waals surface area contributed by atoms with Crippen LogP contribution in [-0.4, -0.2) is 39.9 Å². The summed E-state index contributed by atoms with van der Waals surface area (Å²) in [7, 11) is 4.20. The van der Waals surface area contributed by atoms with Gasteiger partial charge >= 0.3 is 11.9 Å². The van der Waals surface area contributed by atoms with Crippen molar-refractivity contribution in [1.82, 2.24) is 0 Å². The van der Waals surface area contributed by atoms with E-state index in [1.54, 1.807) is 24.3 Å². The van der Waals surface area contributed by atoms with E-state index in [-0.39, 0.29) is 5.97 Å². The Hall–Kier alpha value is -2.50. The molecule has 1 aromatic carbocycles. The van der Waals surface area contributed by atoms with Gasteiger partial charge in [-0.15, -0.1) is 0 Å². The van der Waals surface area contributed by atoms with Crippen LogP contribution in [0, 0.1) is 0 Å². The maximum Gasteiger partial charge on any atom is 0.330 e. The van der Waals surface area contributed by atoms with Gasteiger partial charge in [0.15, 0.2) is 11.5 Å². The van der Waals surface area contributed by atoms with Crippen molar-refractivity contribution in [3.63, 3.8) is 0 Å². The summed E-state index contributed by atoms with van der Waals surface area (Å²) >= 11 is 0. The SMILES string of the molecule is COC(=O)/C=C/c1ccc(OCCCC(=O)OC)c(OC)c1. The number of carbonyl (C=O) groups is 2. The molecule has 0 aromatic heterocycles. The van der Waals surface area contributed by atoms with Crippen molar-refractivity contribution >= 4 is 18.0 Å². The van der Waals surface area contributed by atoms with Crippen molar-refractivity contribution < 1.29 is 28.5 Å². The zero-order valence-electron chi connectivity index (χ0n) is 13.0. The van der Waals surface area contributed by atoms with Gasteiger partial charge in [0.05, 0.1) is 27.9 Å². The summed E-state index contributed by atoms with van der Waals surface area (Å²) in [5.41, 5.74) is 0.782. The number of esters is 2.